The first-order chi connectivity index (χ1) is 23.9. The normalized spacial score (nSPS) is 15.7. The summed E-state index contributed by atoms with van der Waals surface area (Å²) in [6, 6.07) is 16.5. The molecule has 0 saturated carbocycles. The number of fused-ring (bicyclic) bond motifs is 1. The number of aliphatic hydroxyl groups excluding tert-OH is 1. The lowest BCUT2D eigenvalue weighted by atomic mass is 9.93. The fraction of sp³-hybridized carbons (Fsp3) is 0.333. The van der Waals surface area contributed by atoms with Gasteiger partial charge >= 0.3 is 0 Å². The van der Waals surface area contributed by atoms with Gasteiger partial charge in [-0.3, -0.25) is 19.6 Å². The molecule has 3 aromatic heterocycles. The number of aromatic nitrogens is 3. The lowest BCUT2D eigenvalue weighted by Crippen LogP contribution is -2.52. The minimum atomic E-state index is -0.210. The number of carbonyl (C=O) groups is 1. The van der Waals surface area contributed by atoms with Gasteiger partial charge in [-0.05, 0) is 97.9 Å². The van der Waals surface area contributed by atoms with Gasteiger partial charge in [-0.2, -0.15) is 0 Å². The van der Waals surface area contributed by atoms with E-state index in [1.54, 1.807) is 6.08 Å². The summed E-state index contributed by atoms with van der Waals surface area (Å²) in [6.07, 6.45) is 10.6. The minimum absolute atomic E-state index is 0.210. The van der Waals surface area contributed by atoms with Crippen molar-refractivity contribution in [2.45, 2.75) is 39.3 Å². The maximum absolute atomic E-state index is 12.0. The number of nitrogens with one attached hydrogen (secondary N) is 1. The van der Waals surface area contributed by atoms with Gasteiger partial charge in [0.15, 0.2) is 17.9 Å². The van der Waals surface area contributed by atoms with Crippen molar-refractivity contribution in [3.05, 3.63) is 95.3 Å². The SMILES string of the molecule is Cc1c(Nc2nccc3cc(CN4CCCC4)cnc23)cccc1-c1cccc(-c2nc(C=O)c(/C=C\N(C)CCN3CC(O)C3)o2)c1C. The lowest BCUT2D eigenvalue weighted by Gasteiger charge is -2.36. The lowest BCUT2D eigenvalue weighted by molar-refractivity contribution is 0.000289. The number of hydrogen-bond acceptors (Lipinski definition) is 10. The van der Waals surface area contributed by atoms with Gasteiger partial charge in [-0.25, -0.2) is 9.97 Å². The smallest absolute Gasteiger partial charge is 0.227 e. The van der Waals surface area contributed by atoms with Crippen molar-refractivity contribution in [3.63, 3.8) is 0 Å². The largest absolute Gasteiger partial charge is 0.436 e. The molecule has 10 nitrogen and oxygen atoms in total. The van der Waals surface area contributed by atoms with E-state index >= 15 is 0 Å². The molecule has 5 aromatic rings. The summed E-state index contributed by atoms with van der Waals surface area (Å²) in [5.41, 5.74) is 8.31. The summed E-state index contributed by atoms with van der Waals surface area (Å²) in [5.74, 6) is 1.55. The molecule has 2 aliphatic heterocycles. The number of oxazole rings is 1. The number of β-amino-alcohol motifs (C(OH)–C–C–N with tert-alkyl or cyclic N) is 1. The molecule has 2 aliphatic rings. The number of hydrogen-bond donors (Lipinski definition) is 2. The first-order valence-corrected chi connectivity index (χ1v) is 17.0. The van der Waals surface area contributed by atoms with Crippen molar-refractivity contribution >= 4 is 34.8 Å². The Kier molecular flexibility index (Phi) is 9.52. The number of likely N-dealkylation sites (tertiary alicyclic amines) is 2. The molecule has 2 N–H and O–H groups in total. The van der Waals surface area contributed by atoms with Crippen LogP contribution in [0.4, 0.5) is 11.5 Å². The van der Waals surface area contributed by atoms with Gasteiger partial charge in [0.25, 0.3) is 0 Å². The highest BCUT2D eigenvalue weighted by Gasteiger charge is 2.23. The van der Waals surface area contributed by atoms with Crippen LogP contribution in [0.3, 0.4) is 0 Å². The summed E-state index contributed by atoms with van der Waals surface area (Å²) in [4.78, 5) is 32.8. The molecule has 0 spiro atoms. The van der Waals surface area contributed by atoms with Crippen LogP contribution in [0.15, 0.2) is 71.5 Å². The highest BCUT2D eigenvalue weighted by Crippen LogP contribution is 2.37. The van der Waals surface area contributed by atoms with Gasteiger partial charge in [0.05, 0.1) is 6.10 Å². The fourth-order valence-corrected chi connectivity index (χ4v) is 6.79. The zero-order valence-electron chi connectivity index (χ0n) is 28.4. The highest BCUT2D eigenvalue weighted by atomic mass is 16.4. The van der Waals surface area contributed by atoms with E-state index in [0.29, 0.717) is 11.7 Å². The topological polar surface area (TPSA) is 111 Å². The predicted molar refractivity (Wildman–Crippen MR) is 194 cm³/mol. The minimum Gasteiger partial charge on any atom is -0.436 e. The van der Waals surface area contributed by atoms with Crippen LogP contribution in [0.5, 0.6) is 0 Å². The Labute approximate surface area is 287 Å². The molecule has 49 heavy (non-hydrogen) atoms. The Morgan fingerprint density at radius 2 is 1.76 bits per heavy atom. The van der Waals surface area contributed by atoms with E-state index in [0.717, 1.165) is 102 Å². The maximum atomic E-state index is 12.0. The van der Waals surface area contributed by atoms with Crippen molar-refractivity contribution in [3.8, 4) is 22.6 Å². The predicted octanol–water partition coefficient (Wildman–Crippen LogP) is 6.30. The molecule has 252 valence electrons. The summed E-state index contributed by atoms with van der Waals surface area (Å²) >= 11 is 0. The van der Waals surface area contributed by atoms with Gasteiger partial charge in [0, 0.05) is 75.0 Å². The Morgan fingerprint density at radius 1 is 1.00 bits per heavy atom. The third kappa shape index (κ3) is 7.12. The third-order valence-corrected chi connectivity index (χ3v) is 9.68. The van der Waals surface area contributed by atoms with Crippen LogP contribution in [0, 0.1) is 13.8 Å². The number of aliphatic hydroxyl groups is 1. The number of aldehydes is 1. The zero-order valence-corrected chi connectivity index (χ0v) is 28.4. The van der Waals surface area contributed by atoms with E-state index in [2.05, 4.69) is 63.2 Å². The van der Waals surface area contributed by atoms with E-state index in [4.69, 9.17) is 9.40 Å². The second kappa shape index (κ2) is 14.3. The summed E-state index contributed by atoms with van der Waals surface area (Å²) in [6.45, 7) is 10.5. The Morgan fingerprint density at radius 3 is 2.53 bits per heavy atom. The van der Waals surface area contributed by atoms with Gasteiger partial charge in [-0.15, -0.1) is 0 Å². The molecule has 7 rings (SSSR count). The zero-order chi connectivity index (χ0) is 33.9. The first kappa shape index (κ1) is 32.6. The van der Waals surface area contributed by atoms with Gasteiger partial charge in [0.2, 0.25) is 5.89 Å². The molecule has 10 heteroatoms. The van der Waals surface area contributed by atoms with Crippen molar-refractivity contribution in [1.29, 1.82) is 0 Å². The van der Waals surface area contributed by atoms with Crippen LogP contribution in [-0.2, 0) is 6.54 Å². The second-order valence-electron chi connectivity index (χ2n) is 13.2. The van der Waals surface area contributed by atoms with E-state index in [1.807, 2.05) is 54.8 Å². The first-order valence-electron chi connectivity index (χ1n) is 17.0. The number of carbonyl (C=O) groups excluding carboxylic acids is 1. The quantitative estimate of drug-likeness (QED) is 0.148. The summed E-state index contributed by atoms with van der Waals surface area (Å²) in [7, 11) is 1.97. The monoisotopic (exact) mass is 657 g/mol. The standard InChI is InChI=1S/C39H43N7O3/c1-26-31(8-6-10-33(26)39-43-35(25-47)36(49-39)13-17-44(3)18-19-46-23-30(48)24-46)32-9-7-11-34(27(32)2)42-38-37-29(12-14-40-38)20-28(21-41-37)22-45-15-4-5-16-45/h6-14,17,20-21,25,30,48H,4-5,15-16,18-19,22-24H2,1-3H3,(H,40,42)/b17-13-. The molecule has 0 unspecified atom stereocenters. The van der Waals surface area contributed by atoms with Crippen LogP contribution in [0.1, 0.15) is 45.8 Å². The molecule has 2 saturated heterocycles. The molecular weight excluding hydrogens is 614 g/mol. The van der Waals surface area contributed by atoms with E-state index in [9.17, 15) is 9.90 Å². The average molecular weight is 658 g/mol. The molecule has 2 fully saturated rings. The summed E-state index contributed by atoms with van der Waals surface area (Å²) in [5, 5.41) is 14.2. The van der Waals surface area contributed by atoms with Crippen LogP contribution in [-0.4, -0.2) is 93.5 Å². The molecule has 0 amide bonds. The second-order valence-corrected chi connectivity index (χ2v) is 13.2. The molecule has 5 heterocycles. The van der Waals surface area contributed by atoms with Crippen molar-refractivity contribution in [2.24, 2.45) is 0 Å². The van der Waals surface area contributed by atoms with Crippen molar-refractivity contribution < 1.29 is 14.3 Å². The average Bonchev–Trinajstić information content (AvgIpc) is 3.76. The Hall–Kier alpha value is -4.90. The van der Waals surface area contributed by atoms with E-state index < -0.39 is 0 Å². The Balaban J connectivity index is 1.11. The molecular formula is C39H43N7O3. The number of nitrogens with zero attached hydrogens (tertiary/aromatic N) is 6. The number of anilines is 2. The van der Waals surface area contributed by atoms with Crippen LogP contribution >= 0.6 is 0 Å². The van der Waals surface area contributed by atoms with E-state index in [-0.39, 0.29) is 11.8 Å². The Bertz CT molecular complexity index is 1990. The molecule has 2 aromatic carbocycles. The van der Waals surface area contributed by atoms with Crippen LogP contribution in [0.25, 0.3) is 39.6 Å². The number of likely N-dealkylation sites (N-methyl/N-ethyl adjacent to an activating group) is 1. The molecule has 0 aliphatic carbocycles. The van der Waals surface area contributed by atoms with Gasteiger partial charge in [-0.1, -0.05) is 24.3 Å². The van der Waals surface area contributed by atoms with Crippen LogP contribution < -0.4 is 5.32 Å². The van der Waals surface area contributed by atoms with E-state index in [1.165, 1.54) is 18.4 Å². The molecule has 0 atom stereocenters. The maximum Gasteiger partial charge on any atom is 0.227 e. The van der Waals surface area contributed by atoms with Crippen LogP contribution in [0.2, 0.25) is 0 Å². The molecule has 0 bridgehead atoms. The number of benzene rings is 2. The van der Waals surface area contributed by atoms with Gasteiger partial charge < -0.3 is 19.7 Å². The van der Waals surface area contributed by atoms with Gasteiger partial charge in [0.1, 0.15) is 11.2 Å². The molecule has 0 radical (unpaired) electrons. The summed E-state index contributed by atoms with van der Waals surface area (Å²) < 4.78 is 6.18. The van der Waals surface area contributed by atoms with Crippen molar-refractivity contribution in [2.75, 3.05) is 51.6 Å². The number of pyridine rings is 2. The van der Waals surface area contributed by atoms with Crippen molar-refractivity contribution in [1.82, 2.24) is 29.7 Å². The number of rotatable bonds is 12. The third-order valence-electron chi connectivity index (χ3n) is 9.68. The fourth-order valence-electron chi connectivity index (χ4n) is 6.79. The highest BCUT2D eigenvalue weighted by molar-refractivity contribution is 5.91.